The van der Waals surface area contributed by atoms with E-state index in [0.29, 0.717) is 24.2 Å². The molecule has 1 heterocycles. The van der Waals surface area contributed by atoms with E-state index in [9.17, 15) is 0 Å². The standard InChI is InChI=1S/C14H23ClN4O/c1-3-19(11-5-6-11)8-7-16-13-9-12(15)17-14(18-13)10-20-4-2/h9,11H,3-8,10H2,1-2H3,(H,16,17,18). The average molecular weight is 299 g/mol. The van der Waals surface area contributed by atoms with Gasteiger partial charge in [-0.15, -0.1) is 0 Å². The molecular weight excluding hydrogens is 276 g/mol. The molecule has 0 unspecified atom stereocenters. The highest BCUT2D eigenvalue weighted by molar-refractivity contribution is 6.29. The smallest absolute Gasteiger partial charge is 0.158 e. The van der Waals surface area contributed by atoms with E-state index in [4.69, 9.17) is 16.3 Å². The third-order valence-corrected chi connectivity index (χ3v) is 3.54. The molecule has 0 atom stereocenters. The minimum absolute atomic E-state index is 0.398. The summed E-state index contributed by atoms with van der Waals surface area (Å²) in [7, 11) is 0. The molecule has 0 radical (unpaired) electrons. The third-order valence-electron chi connectivity index (χ3n) is 3.35. The highest BCUT2D eigenvalue weighted by Gasteiger charge is 2.27. The topological polar surface area (TPSA) is 50.3 Å². The molecule has 0 saturated heterocycles. The molecule has 1 aliphatic rings. The molecule has 1 aromatic heterocycles. The van der Waals surface area contributed by atoms with Crippen LogP contribution in [0.1, 0.15) is 32.5 Å². The van der Waals surface area contributed by atoms with Crippen molar-refractivity contribution < 1.29 is 4.74 Å². The van der Waals surface area contributed by atoms with Crippen LogP contribution in [-0.2, 0) is 11.3 Å². The number of likely N-dealkylation sites (N-methyl/N-ethyl adjacent to an activating group) is 1. The fourth-order valence-electron chi connectivity index (χ4n) is 2.18. The minimum Gasteiger partial charge on any atom is -0.374 e. The van der Waals surface area contributed by atoms with Crippen molar-refractivity contribution in [1.29, 1.82) is 0 Å². The van der Waals surface area contributed by atoms with Gasteiger partial charge in [0.2, 0.25) is 0 Å². The molecule has 0 aromatic carbocycles. The van der Waals surface area contributed by atoms with Crippen LogP contribution < -0.4 is 5.32 Å². The maximum Gasteiger partial charge on any atom is 0.158 e. The Hall–Kier alpha value is -0.910. The summed E-state index contributed by atoms with van der Waals surface area (Å²) >= 11 is 6.00. The van der Waals surface area contributed by atoms with E-state index in [1.165, 1.54) is 12.8 Å². The first-order valence-electron chi connectivity index (χ1n) is 7.32. The molecule has 1 aromatic rings. The summed E-state index contributed by atoms with van der Waals surface area (Å²) in [6.45, 7) is 8.20. The lowest BCUT2D eigenvalue weighted by Gasteiger charge is -2.20. The Balaban J connectivity index is 1.83. The monoisotopic (exact) mass is 298 g/mol. The molecular formula is C14H23ClN4O. The number of hydrogen-bond donors (Lipinski definition) is 1. The fourth-order valence-corrected chi connectivity index (χ4v) is 2.38. The molecule has 0 aliphatic heterocycles. The van der Waals surface area contributed by atoms with Crippen LogP contribution in [0.3, 0.4) is 0 Å². The normalized spacial score (nSPS) is 14.8. The molecule has 0 bridgehead atoms. The molecule has 6 heteroatoms. The summed E-state index contributed by atoms with van der Waals surface area (Å²) < 4.78 is 5.31. The van der Waals surface area contributed by atoms with E-state index in [0.717, 1.165) is 31.5 Å². The first kappa shape index (κ1) is 15.5. The van der Waals surface area contributed by atoms with Crippen LogP contribution in [0.4, 0.5) is 5.82 Å². The lowest BCUT2D eigenvalue weighted by Crippen LogP contribution is -2.31. The lowest BCUT2D eigenvalue weighted by atomic mass is 10.4. The number of ether oxygens (including phenoxy) is 1. The average Bonchev–Trinajstić information content (AvgIpc) is 3.25. The van der Waals surface area contributed by atoms with Crippen molar-refractivity contribution in [2.24, 2.45) is 0 Å². The van der Waals surface area contributed by atoms with Gasteiger partial charge in [-0.2, -0.15) is 0 Å². The van der Waals surface area contributed by atoms with E-state index >= 15 is 0 Å². The van der Waals surface area contributed by atoms with Crippen LogP contribution in [0.2, 0.25) is 5.15 Å². The van der Waals surface area contributed by atoms with E-state index in [1.54, 1.807) is 6.07 Å². The van der Waals surface area contributed by atoms with Crippen LogP contribution in [0, 0.1) is 0 Å². The van der Waals surface area contributed by atoms with Gasteiger partial charge in [0.1, 0.15) is 17.6 Å². The number of nitrogens with zero attached hydrogens (tertiary/aromatic N) is 3. The Morgan fingerprint density at radius 2 is 2.20 bits per heavy atom. The van der Waals surface area contributed by atoms with Crippen molar-refractivity contribution in [1.82, 2.24) is 14.9 Å². The predicted octanol–water partition coefficient (Wildman–Crippen LogP) is 2.56. The summed E-state index contributed by atoms with van der Waals surface area (Å²) in [5, 5.41) is 3.77. The van der Waals surface area contributed by atoms with E-state index < -0.39 is 0 Å². The van der Waals surface area contributed by atoms with Gasteiger partial charge in [-0.05, 0) is 26.3 Å². The fraction of sp³-hybridized carbons (Fsp3) is 0.714. The van der Waals surface area contributed by atoms with Gasteiger partial charge < -0.3 is 10.1 Å². The lowest BCUT2D eigenvalue weighted by molar-refractivity contribution is 0.128. The van der Waals surface area contributed by atoms with Gasteiger partial charge in [-0.1, -0.05) is 18.5 Å². The first-order valence-corrected chi connectivity index (χ1v) is 7.69. The van der Waals surface area contributed by atoms with Gasteiger partial charge >= 0.3 is 0 Å². The number of nitrogens with one attached hydrogen (secondary N) is 1. The van der Waals surface area contributed by atoms with Gasteiger partial charge in [-0.3, -0.25) is 4.90 Å². The molecule has 0 amide bonds. The Morgan fingerprint density at radius 1 is 1.40 bits per heavy atom. The van der Waals surface area contributed by atoms with Crippen LogP contribution in [-0.4, -0.2) is 47.2 Å². The van der Waals surface area contributed by atoms with Crippen LogP contribution in [0.15, 0.2) is 6.07 Å². The summed E-state index contributed by atoms with van der Waals surface area (Å²) in [5.41, 5.74) is 0. The van der Waals surface area contributed by atoms with Gasteiger partial charge in [0.05, 0.1) is 0 Å². The zero-order valence-electron chi connectivity index (χ0n) is 12.2. The highest BCUT2D eigenvalue weighted by Crippen LogP contribution is 2.26. The van der Waals surface area contributed by atoms with Gasteiger partial charge in [-0.25, -0.2) is 9.97 Å². The van der Waals surface area contributed by atoms with Gasteiger partial charge in [0, 0.05) is 31.8 Å². The molecule has 2 rings (SSSR count). The highest BCUT2D eigenvalue weighted by atomic mass is 35.5. The predicted molar refractivity (Wildman–Crippen MR) is 81.1 cm³/mol. The molecule has 1 fully saturated rings. The number of halogens is 1. The third kappa shape index (κ3) is 4.89. The zero-order valence-corrected chi connectivity index (χ0v) is 13.0. The van der Waals surface area contributed by atoms with Gasteiger partial charge in [0.25, 0.3) is 0 Å². The molecule has 1 saturated carbocycles. The Morgan fingerprint density at radius 3 is 2.85 bits per heavy atom. The van der Waals surface area contributed by atoms with Crippen molar-refractivity contribution in [3.8, 4) is 0 Å². The molecule has 1 N–H and O–H groups in total. The summed E-state index contributed by atoms with van der Waals surface area (Å²) in [4.78, 5) is 11.0. The van der Waals surface area contributed by atoms with Gasteiger partial charge in [0.15, 0.2) is 5.82 Å². The largest absolute Gasteiger partial charge is 0.374 e. The van der Waals surface area contributed by atoms with E-state index in [2.05, 4.69) is 27.1 Å². The summed E-state index contributed by atoms with van der Waals surface area (Å²) in [5.74, 6) is 1.39. The van der Waals surface area contributed by atoms with Crippen molar-refractivity contribution in [3.05, 3.63) is 17.0 Å². The summed E-state index contributed by atoms with van der Waals surface area (Å²) in [6, 6.07) is 2.55. The Bertz CT molecular complexity index is 426. The molecule has 20 heavy (non-hydrogen) atoms. The van der Waals surface area contributed by atoms with Crippen molar-refractivity contribution >= 4 is 17.4 Å². The van der Waals surface area contributed by atoms with Crippen molar-refractivity contribution in [3.63, 3.8) is 0 Å². The minimum atomic E-state index is 0.398. The number of aromatic nitrogens is 2. The number of anilines is 1. The van der Waals surface area contributed by atoms with Crippen molar-refractivity contribution in [2.45, 2.75) is 39.3 Å². The molecule has 112 valence electrons. The van der Waals surface area contributed by atoms with Crippen molar-refractivity contribution in [2.75, 3.05) is 31.6 Å². The van der Waals surface area contributed by atoms with Crippen LogP contribution in [0.5, 0.6) is 0 Å². The first-order chi connectivity index (χ1) is 9.72. The second-order valence-corrected chi connectivity index (χ2v) is 5.30. The Kier molecular flexibility index (Phi) is 6.01. The second kappa shape index (κ2) is 7.76. The molecule has 0 spiro atoms. The maximum atomic E-state index is 6.00. The SMILES string of the molecule is CCOCc1nc(Cl)cc(NCCN(CC)C2CC2)n1. The van der Waals surface area contributed by atoms with Crippen LogP contribution in [0.25, 0.3) is 0 Å². The molecule has 1 aliphatic carbocycles. The zero-order chi connectivity index (χ0) is 14.4. The number of rotatable bonds is 9. The van der Waals surface area contributed by atoms with Crippen LogP contribution >= 0.6 is 11.6 Å². The quantitative estimate of drug-likeness (QED) is 0.710. The maximum absolute atomic E-state index is 6.00. The number of hydrogen-bond acceptors (Lipinski definition) is 5. The molecule has 5 nitrogen and oxygen atoms in total. The van der Waals surface area contributed by atoms with E-state index in [1.807, 2.05) is 6.92 Å². The Labute approximate surface area is 125 Å². The summed E-state index contributed by atoms with van der Waals surface area (Å²) in [6.07, 6.45) is 2.68. The van der Waals surface area contributed by atoms with E-state index in [-0.39, 0.29) is 0 Å². The second-order valence-electron chi connectivity index (χ2n) is 4.92.